The molecule has 15 heavy (non-hydrogen) atoms. The monoisotopic (exact) mass is 210 g/mol. The minimum absolute atomic E-state index is 0.544. The molecule has 0 atom stereocenters. The summed E-state index contributed by atoms with van der Waals surface area (Å²) in [7, 11) is 0. The van der Waals surface area contributed by atoms with Gasteiger partial charge in [-0.05, 0) is 33.2 Å². The first kappa shape index (κ1) is 11.4. The van der Waals surface area contributed by atoms with E-state index in [1.807, 2.05) is 0 Å². The second-order valence-electron chi connectivity index (χ2n) is 5.59. The maximum absolute atomic E-state index is 2.78. The van der Waals surface area contributed by atoms with Crippen molar-refractivity contribution in [3.8, 4) is 0 Å². The van der Waals surface area contributed by atoms with E-state index in [-0.39, 0.29) is 0 Å². The number of rotatable bonds is 2. The van der Waals surface area contributed by atoms with Crippen LogP contribution in [0.4, 0.5) is 0 Å². The highest BCUT2D eigenvalue weighted by atomic mass is 15.3. The zero-order valence-electron chi connectivity index (χ0n) is 10.6. The Bertz CT molecular complexity index is 207. The summed E-state index contributed by atoms with van der Waals surface area (Å²) < 4.78 is 0. The van der Waals surface area contributed by atoms with Gasteiger partial charge in [-0.15, -0.1) is 0 Å². The van der Waals surface area contributed by atoms with Gasteiger partial charge in [0.15, 0.2) is 0 Å². The van der Waals surface area contributed by atoms with Gasteiger partial charge in [0, 0.05) is 31.2 Å². The van der Waals surface area contributed by atoms with Gasteiger partial charge in [-0.1, -0.05) is 19.8 Å². The molecular weight excluding hydrogens is 184 g/mol. The van der Waals surface area contributed by atoms with Crippen LogP contribution in [-0.4, -0.2) is 47.6 Å². The molecule has 0 aromatic heterocycles. The van der Waals surface area contributed by atoms with Crippen molar-refractivity contribution in [2.75, 3.05) is 26.2 Å². The molecule has 0 aromatic carbocycles. The lowest BCUT2D eigenvalue weighted by Gasteiger charge is -2.51. The van der Waals surface area contributed by atoms with Gasteiger partial charge in [-0.2, -0.15) is 0 Å². The Kier molecular flexibility index (Phi) is 3.36. The van der Waals surface area contributed by atoms with E-state index >= 15 is 0 Å². The van der Waals surface area contributed by atoms with Crippen molar-refractivity contribution >= 4 is 0 Å². The molecule has 2 aliphatic rings. The van der Waals surface area contributed by atoms with E-state index in [9.17, 15) is 0 Å². The number of nitrogens with zero attached hydrogens (tertiary/aromatic N) is 2. The summed E-state index contributed by atoms with van der Waals surface area (Å²) in [6, 6.07) is 0.724. The molecule has 2 fully saturated rings. The van der Waals surface area contributed by atoms with Crippen molar-refractivity contribution in [3.63, 3.8) is 0 Å². The van der Waals surface area contributed by atoms with Crippen molar-refractivity contribution < 1.29 is 0 Å². The molecule has 0 unspecified atom stereocenters. The summed E-state index contributed by atoms with van der Waals surface area (Å²) in [4.78, 5) is 5.43. The summed E-state index contributed by atoms with van der Waals surface area (Å²) in [5, 5.41) is 0. The van der Waals surface area contributed by atoms with Crippen molar-refractivity contribution in [2.24, 2.45) is 0 Å². The highest BCUT2D eigenvalue weighted by Gasteiger charge is 2.43. The molecule has 1 saturated heterocycles. The fourth-order valence-corrected chi connectivity index (χ4v) is 3.63. The average Bonchev–Trinajstić information content (AvgIpc) is 2.66. The third-order valence-electron chi connectivity index (χ3n) is 4.39. The second-order valence-corrected chi connectivity index (χ2v) is 5.59. The SMILES string of the molecule is CCN1CCN(C(C)C)C2(CCCC2)C1. The first-order valence-corrected chi connectivity index (χ1v) is 6.67. The first-order chi connectivity index (χ1) is 7.18. The van der Waals surface area contributed by atoms with Crippen molar-refractivity contribution in [3.05, 3.63) is 0 Å². The van der Waals surface area contributed by atoms with Crippen LogP contribution in [0.1, 0.15) is 46.5 Å². The second kappa shape index (κ2) is 4.42. The van der Waals surface area contributed by atoms with E-state index in [0.29, 0.717) is 5.54 Å². The van der Waals surface area contributed by atoms with E-state index < -0.39 is 0 Å². The Hall–Kier alpha value is -0.0800. The van der Waals surface area contributed by atoms with Gasteiger partial charge >= 0.3 is 0 Å². The Morgan fingerprint density at radius 3 is 2.33 bits per heavy atom. The van der Waals surface area contributed by atoms with E-state index in [1.54, 1.807) is 0 Å². The summed E-state index contributed by atoms with van der Waals surface area (Å²) in [6.07, 6.45) is 5.75. The quantitative estimate of drug-likeness (QED) is 0.690. The first-order valence-electron chi connectivity index (χ1n) is 6.67. The molecule has 0 radical (unpaired) electrons. The van der Waals surface area contributed by atoms with Crippen LogP contribution in [0.5, 0.6) is 0 Å². The van der Waals surface area contributed by atoms with Crippen LogP contribution in [-0.2, 0) is 0 Å². The lowest BCUT2D eigenvalue weighted by atomic mass is 9.90. The van der Waals surface area contributed by atoms with Gasteiger partial charge in [0.25, 0.3) is 0 Å². The molecule has 1 saturated carbocycles. The molecule has 1 aliphatic heterocycles. The molecule has 2 heteroatoms. The number of hydrogen-bond acceptors (Lipinski definition) is 2. The van der Waals surface area contributed by atoms with Crippen LogP contribution in [0, 0.1) is 0 Å². The molecule has 1 aliphatic carbocycles. The highest BCUT2D eigenvalue weighted by molar-refractivity contribution is 5.01. The fourth-order valence-electron chi connectivity index (χ4n) is 3.63. The minimum atomic E-state index is 0.544. The van der Waals surface area contributed by atoms with Crippen LogP contribution >= 0.6 is 0 Å². The van der Waals surface area contributed by atoms with E-state index in [4.69, 9.17) is 0 Å². The average molecular weight is 210 g/mol. The largest absolute Gasteiger partial charge is 0.300 e. The van der Waals surface area contributed by atoms with E-state index in [0.717, 1.165) is 6.04 Å². The van der Waals surface area contributed by atoms with Crippen LogP contribution < -0.4 is 0 Å². The number of hydrogen-bond donors (Lipinski definition) is 0. The molecule has 0 amide bonds. The topological polar surface area (TPSA) is 6.48 Å². The predicted molar refractivity (Wildman–Crippen MR) is 65.2 cm³/mol. The van der Waals surface area contributed by atoms with Gasteiger partial charge in [-0.25, -0.2) is 0 Å². The van der Waals surface area contributed by atoms with Gasteiger partial charge in [0.1, 0.15) is 0 Å². The third-order valence-corrected chi connectivity index (χ3v) is 4.39. The smallest absolute Gasteiger partial charge is 0.0339 e. The van der Waals surface area contributed by atoms with Crippen LogP contribution in [0.25, 0.3) is 0 Å². The Balaban J connectivity index is 2.12. The molecule has 0 bridgehead atoms. The lowest BCUT2D eigenvalue weighted by molar-refractivity contribution is -0.0181. The van der Waals surface area contributed by atoms with E-state index in [2.05, 4.69) is 30.6 Å². The molecular formula is C13H26N2. The zero-order chi connectivity index (χ0) is 10.9. The minimum Gasteiger partial charge on any atom is -0.300 e. The molecule has 0 aromatic rings. The predicted octanol–water partition coefficient (Wildman–Crippen LogP) is 2.35. The van der Waals surface area contributed by atoms with Crippen LogP contribution in [0.3, 0.4) is 0 Å². The summed E-state index contributed by atoms with van der Waals surface area (Å²) >= 11 is 0. The molecule has 1 heterocycles. The molecule has 2 rings (SSSR count). The van der Waals surface area contributed by atoms with Gasteiger partial charge in [-0.3, -0.25) is 4.90 Å². The van der Waals surface area contributed by atoms with Crippen molar-refractivity contribution in [2.45, 2.75) is 58.0 Å². The van der Waals surface area contributed by atoms with Crippen LogP contribution in [0.15, 0.2) is 0 Å². The Labute approximate surface area is 94.6 Å². The molecule has 2 nitrogen and oxygen atoms in total. The summed E-state index contributed by atoms with van der Waals surface area (Å²) in [5.41, 5.74) is 0.544. The highest BCUT2D eigenvalue weighted by Crippen LogP contribution is 2.38. The van der Waals surface area contributed by atoms with Gasteiger partial charge < -0.3 is 4.90 Å². The van der Waals surface area contributed by atoms with Gasteiger partial charge in [0.05, 0.1) is 0 Å². The van der Waals surface area contributed by atoms with Crippen LogP contribution in [0.2, 0.25) is 0 Å². The van der Waals surface area contributed by atoms with Gasteiger partial charge in [0.2, 0.25) is 0 Å². The van der Waals surface area contributed by atoms with Crippen molar-refractivity contribution in [1.82, 2.24) is 9.80 Å². The Morgan fingerprint density at radius 1 is 1.13 bits per heavy atom. The molecule has 1 spiro atoms. The lowest BCUT2D eigenvalue weighted by Crippen LogP contribution is -2.62. The molecule has 0 N–H and O–H groups in total. The number of likely N-dealkylation sites (N-methyl/N-ethyl adjacent to an activating group) is 1. The van der Waals surface area contributed by atoms with Crippen molar-refractivity contribution in [1.29, 1.82) is 0 Å². The third kappa shape index (κ3) is 2.07. The zero-order valence-corrected chi connectivity index (χ0v) is 10.6. The Morgan fingerprint density at radius 2 is 1.80 bits per heavy atom. The summed E-state index contributed by atoms with van der Waals surface area (Å²) in [5.74, 6) is 0. The standard InChI is InChI=1S/C13H26N2/c1-4-14-9-10-15(12(2)3)13(11-14)7-5-6-8-13/h12H,4-11H2,1-3H3. The van der Waals surface area contributed by atoms with E-state index in [1.165, 1.54) is 51.9 Å². The summed E-state index contributed by atoms with van der Waals surface area (Å²) in [6.45, 7) is 12.1. The number of piperazine rings is 1. The fraction of sp³-hybridized carbons (Fsp3) is 1.00. The normalized spacial score (nSPS) is 28.0. The maximum atomic E-state index is 2.78. The maximum Gasteiger partial charge on any atom is 0.0339 e. The molecule has 88 valence electrons.